The molecule has 0 aliphatic carbocycles. The van der Waals surface area contributed by atoms with Crippen LogP contribution in [0.3, 0.4) is 0 Å². The zero-order chi connectivity index (χ0) is 13.4. The summed E-state index contributed by atoms with van der Waals surface area (Å²) in [5.74, 6) is 1.52. The fraction of sp³-hybridized carbons (Fsp3) is 0.857. The van der Waals surface area contributed by atoms with E-state index in [9.17, 15) is 9.59 Å². The van der Waals surface area contributed by atoms with Crippen LogP contribution in [0.15, 0.2) is 0 Å². The van der Waals surface area contributed by atoms with Crippen molar-refractivity contribution in [3.8, 4) is 0 Å². The number of piperidine rings is 3. The van der Waals surface area contributed by atoms with Crippen LogP contribution in [-0.4, -0.2) is 60.9 Å². The molecule has 3 fully saturated rings. The molecule has 106 valence electrons. The quantitative estimate of drug-likeness (QED) is 0.768. The SMILES string of the molecule is CNCC(=O)N1C[C@@H]2C[C@@H](C1)[C@@H]1CCCC(=O)N1C2. The van der Waals surface area contributed by atoms with E-state index >= 15 is 0 Å². The molecule has 0 aromatic heterocycles. The fourth-order valence-corrected chi connectivity index (χ4v) is 4.08. The van der Waals surface area contributed by atoms with Gasteiger partial charge in [-0.05, 0) is 38.1 Å². The summed E-state index contributed by atoms with van der Waals surface area (Å²) in [5.41, 5.74) is 0. The molecular formula is C14H23N3O2. The summed E-state index contributed by atoms with van der Waals surface area (Å²) in [6.07, 6.45) is 4.05. The average molecular weight is 265 g/mol. The molecule has 19 heavy (non-hydrogen) atoms. The zero-order valence-corrected chi connectivity index (χ0v) is 11.6. The number of fused-ring (bicyclic) bond motifs is 4. The van der Waals surface area contributed by atoms with Crippen LogP contribution in [0.2, 0.25) is 0 Å². The van der Waals surface area contributed by atoms with Gasteiger partial charge in [-0.2, -0.15) is 0 Å². The third-order valence-electron chi connectivity index (χ3n) is 4.86. The molecule has 1 N–H and O–H groups in total. The number of rotatable bonds is 2. The highest BCUT2D eigenvalue weighted by atomic mass is 16.2. The van der Waals surface area contributed by atoms with Gasteiger partial charge in [0.05, 0.1) is 6.54 Å². The molecule has 2 bridgehead atoms. The summed E-state index contributed by atoms with van der Waals surface area (Å²) in [6, 6.07) is 0.391. The molecule has 3 aliphatic rings. The molecule has 0 spiro atoms. The Kier molecular flexibility index (Phi) is 3.48. The van der Waals surface area contributed by atoms with E-state index in [2.05, 4.69) is 10.2 Å². The number of carbonyl (C=O) groups is 2. The first-order chi connectivity index (χ1) is 9.19. The first-order valence-corrected chi connectivity index (χ1v) is 7.41. The topological polar surface area (TPSA) is 52.7 Å². The van der Waals surface area contributed by atoms with E-state index in [-0.39, 0.29) is 5.91 Å². The standard InChI is InChI=1S/C14H23N3O2/c1-15-6-14(19)16-7-10-5-11(9-16)12-3-2-4-13(18)17(12)8-10/h10-12,15H,2-9H2,1H3/t10-,11-,12-/m0/s1. The maximum atomic E-state index is 12.0. The van der Waals surface area contributed by atoms with Crippen molar-refractivity contribution in [2.45, 2.75) is 31.7 Å². The molecule has 0 radical (unpaired) electrons. The largest absolute Gasteiger partial charge is 0.341 e. The molecule has 3 saturated heterocycles. The molecule has 3 atom stereocenters. The third kappa shape index (κ3) is 2.36. The Morgan fingerprint density at radius 3 is 3.00 bits per heavy atom. The number of nitrogens with one attached hydrogen (secondary N) is 1. The van der Waals surface area contributed by atoms with E-state index in [1.54, 1.807) is 0 Å². The molecule has 5 nitrogen and oxygen atoms in total. The van der Waals surface area contributed by atoms with E-state index in [1.807, 2.05) is 11.9 Å². The van der Waals surface area contributed by atoms with Gasteiger partial charge in [-0.15, -0.1) is 0 Å². The Morgan fingerprint density at radius 1 is 1.37 bits per heavy atom. The lowest BCUT2D eigenvalue weighted by molar-refractivity contribution is -0.148. The van der Waals surface area contributed by atoms with E-state index < -0.39 is 0 Å². The van der Waals surface area contributed by atoms with Crippen LogP contribution in [-0.2, 0) is 9.59 Å². The molecule has 0 aromatic carbocycles. The van der Waals surface area contributed by atoms with Crippen molar-refractivity contribution in [1.29, 1.82) is 0 Å². The predicted octanol–water partition coefficient (Wildman–Crippen LogP) is 0.0652. The lowest BCUT2D eigenvalue weighted by Gasteiger charge is -2.52. The van der Waals surface area contributed by atoms with Crippen LogP contribution >= 0.6 is 0 Å². The zero-order valence-electron chi connectivity index (χ0n) is 11.6. The van der Waals surface area contributed by atoms with E-state index in [0.717, 1.165) is 38.9 Å². The summed E-state index contributed by atoms with van der Waals surface area (Å²) in [6.45, 7) is 2.95. The Balaban J connectivity index is 1.72. The maximum Gasteiger partial charge on any atom is 0.236 e. The Hall–Kier alpha value is -1.10. The summed E-state index contributed by atoms with van der Waals surface area (Å²) in [5, 5.41) is 2.94. The second-order valence-electron chi connectivity index (χ2n) is 6.20. The van der Waals surface area contributed by atoms with Gasteiger partial charge in [0.25, 0.3) is 0 Å². The van der Waals surface area contributed by atoms with E-state index in [0.29, 0.717) is 30.3 Å². The van der Waals surface area contributed by atoms with Gasteiger partial charge in [-0.1, -0.05) is 0 Å². The van der Waals surface area contributed by atoms with E-state index in [1.165, 1.54) is 6.42 Å². The van der Waals surface area contributed by atoms with Crippen molar-refractivity contribution in [2.75, 3.05) is 33.2 Å². The van der Waals surface area contributed by atoms with Gasteiger partial charge in [0.1, 0.15) is 0 Å². The molecule has 0 saturated carbocycles. The van der Waals surface area contributed by atoms with Crippen molar-refractivity contribution < 1.29 is 9.59 Å². The molecule has 0 aromatic rings. The Bertz CT molecular complexity index is 385. The summed E-state index contributed by atoms with van der Waals surface area (Å²) in [4.78, 5) is 28.2. The third-order valence-corrected chi connectivity index (χ3v) is 4.86. The minimum atomic E-state index is 0.202. The van der Waals surface area contributed by atoms with Crippen LogP contribution in [0.25, 0.3) is 0 Å². The number of nitrogens with zero attached hydrogens (tertiary/aromatic N) is 2. The lowest BCUT2D eigenvalue weighted by Crippen LogP contribution is -2.61. The number of carbonyl (C=O) groups excluding carboxylic acids is 2. The number of hydrogen-bond acceptors (Lipinski definition) is 3. The van der Waals surface area contributed by atoms with Gasteiger partial charge >= 0.3 is 0 Å². The summed E-state index contributed by atoms with van der Waals surface area (Å²) in [7, 11) is 1.81. The van der Waals surface area contributed by atoms with Gasteiger partial charge < -0.3 is 15.1 Å². The van der Waals surface area contributed by atoms with Gasteiger partial charge in [0.2, 0.25) is 11.8 Å². The molecule has 5 heteroatoms. The molecule has 3 rings (SSSR count). The van der Waals surface area contributed by atoms with Crippen LogP contribution in [0.1, 0.15) is 25.7 Å². The van der Waals surface area contributed by atoms with Crippen LogP contribution in [0.5, 0.6) is 0 Å². The van der Waals surface area contributed by atoms with Crippen LogP contribution < -0.4 is 5.32 Å². The first-order valence-electron chi connectivity index (χ1n) is 7.41. The van der Waals surface area contributed by atoms with Gasteiger partial charge in [-0.25, -0.2) is 0 Å². The lowest BCUT2D eigenvalue weighted by atomic mass is 9.76. The molecule has 3 aliphatic heterocycles. The minimum absolute atomic E-state index is 0.202. The van der Waals surface area contributed by atoms with Gasteiger partial charge in [0.15, 0.2) is 0 Å². The number of hydrogen-bond donors (Lipinski definition) is 1. The van der Waals surface area contributed by atoms with Crippen LogP contribution in [0, 0.1) is 11.8 Å². The van der Waals surface area contributed by atoms with Crippen molar-refractivity contribution in [2.24, 2.45) is 11.8 Å². The second-order valence-corrected chi connectivity index (χ2v) is 6.20. The Morgan fingerprint density at radius 2 is 2.21 bits per heavy atom. The normalized spacial score (nSPS) is 34.2. The number of amides is 2. The van der Waals surface area contributed by atoms with E-state index in [4.69, 9.17) is 0 Å². The van der Waals surface area contributed by atoms with Crippen molar-refractivity contribution in [3.05, 3.63) is 0 Å². The predicted molar refractivity (Wildman–Crippen MR) is 71.5 cm³/mol. The van der Waals surface area contributed by atoms with Crippen molar-refractivity contribution in [1.82, 2.24) is 15.1 Å². The molecule has 0 unspecified atom stereocenters. The molecule has 3 heterocycles. The highest BCUT2D eigenvalue weighted by molar-refractivity contribution is 5.79. The minimum Gasteiger partial charge on any atom is -0.341 e. The number of likely N-dealkylation sites (tertiary alicyclic amines) is 1. The molecular weight excluding hydrogens is 242 g/mol. The first kappa shape index (κ1) is 12.9. The highest BCUT2D eigenvalue weighted by Crippen LogP contribution is 2.37. The van der Waals surface area contributed by atoms with Crippen molar-refractivity contribution in [3.63, 3.8) is 0 Å². The second kappa shape index (κ2) is 5.12. The van der Waals surface area contributed by atoms with Crippen LogP contribution in [0.4, 0.5) is 0 Å². The smallest absolute Gasteiger partial charge is 0.236 e. The average Bonchev–Trinajstić information content (AvgIpc) is 2.40. The van der Waals surface area contributed by atoms with Crippen molar-refractivity contribution >= 4 is 11.8 Å². The Labute approximate surface area is 114 Å². The summed E-state index contributed by atoms with van der Waals surface area (Å²) < 4.78 is 0. The monoisotopic (exact) mass is 265 g/mol. The number of likely N-dealkylation sites (N-methyl/N-ethyl adjacent to an activating group) is 1. The maximum absolute atomic E-state index is 12.0. The molecule has 2 amide bonds. The fourth-order valence-electron chi connectivity index (χ4n) is 4.08. The highest BCUT2D eigenvalue weighted by Gasteiger charge is 2.44. The van der Waals surface area contributed by atoms with Gasteiger partial charge in [-0.3, -0.25) is 9.59 Å². The summed E-state index contributed by atoms with van der Waals surface area (Å²) >= 11 is 0. The van der Waals surface area contributed by atoms with Gasteiger partial charge in [0, 0.05) is 32.1 Å².